The summed E-state index contributed by atoms with van der Waals surface area (Å²) >= 11 is 6.02. The predicted octanol–water partition coefficient (Wildman–Crippen LogP) is 3.25. The second-order valence-electron chi connectivity index (χ2n) is 7.22. The summed E-state index contributed by atoms with van der Waals surface area (Å²) in [4.78, 5) is 5.11. The van der Waals surface area contributed by atoms with E-state index < -0.39 is 0 Å². The van der Waals surface area contributed by atoms with Crippen molar-refractivity contribution in [3.05, 3.63) is 28.8 Å². The number of aromatic hydroxyl groups is 1. The molecule has 3 rings (SSSR count). The van der Waals surface area contributed by atoms with Crippen molar-refractivity contribution >= 4 is 11.6 Å². The van der Waals surface area contributed by atoms with Crippen LogP contribution < -0.4 is 0 Å². The topological polar surface area (TPSA) is 46.9 Å². The molecule has 1 aromatic carbocycles. The highest BCUT2D eigenvalue weighted by Crippen LogP contribution is 2.28. The molecule has 1 saturated carbocycles. The fraction of sp³-hybridized carbons (Fsp3) is 0.684. The number of benzene rings is 1. The van der Waals surface area contributed by atoms with E-state index in [2.05, 4.69) is 9.80 Å². The second-order valence-corrected chi connectivity index (χ2v) is 7.62. The van der Waals surface area contributed by atoms with Gasteiger partial charge in [-0.2, -0.15) is 0 Å². The Morgan fingerprint density at radius 2 is 1.92 bits per heavy atom. The predicted molar refractivity (Wildman–Crippen MR) is 97.5 cm³/mol. The first-order chi connectivity index (χ1) is 11.7. The number of aliphatic hydroxyl groups excluding tert-OH is 1. The number of hydrogen-bond acceptors (Lipinski definition) is 4. The number of piperazine rings is 1. The van der Waals surface area contributed by atoms with Crippen LogP contribution in [0, 0.1) is 0 Å². The van der Waals surface area contributed by atoms with E-state index in [0.29, 0.717) is 17.1 Å². The molecular weight excluding hydrogens is 324 g/mol. The van der Waals surface area contributed by atoms with Crippen LogP contribution in [0.25, 0.3) is 0 Å². The molecule has 1 saturated heterocycles. The molecule has 2 N–H and O–H groups in total. The number of aliphatic hydroxyl groups is 1. The largest absolute Gasteiger partial charge is 0.506 e. The van der Waals surface area contributed by atoms with Crippen molar-refractivity contribution < 1.29 is 10.2 Å². The van der Waals surface area contributed by atoms with Crippen LogP contribution in [0.5, 0.6) is 5.75 Å². The van der Waals surface area contributed by atoms with Crippen molar-refractivity contribution in [2.24, 2.45) is 0 Å². The Morgan fingerprint density at radius 3 is 2.62 bits per heavy atom. The summed E-state index contributed by atoms with van der Waals surface area (Å²) in [5.74, 6) is 0.140. The third kappa shape index (κ3) is 4.42. The van der Waals surface area contributed by atoms with Crippen LogP contribution >= 0.6 is 11.6 Å². The van der Waals surface area contributed by atoms with E-state index >= 15 is 0 Å². The number of rotatable bonds is 5. The Labute approximate surface area is 150 Å². The van der Waals surface area contributed by atoms with Crippen LogP contribution in [0.2, 0.25) is 5.02 Å². The fourth-order valence-corrected chi connectivity index (χ4v) is 4.49. The average molecular weight is 353 g/mol. The molecule has 1 atom stereocenters. The monoisotopic (exact) mass is 352 g/mol. The van der Waals surface area contributed by atoms with Crippen LogP contribution in [-0.4, -0.2) is 58.3 Å². The minimum absolute atomic E-state index is 0.140. The van der Waals surface area contributed by atoms with Gasteiger partial charge in [0.05, 0.1) is 5.02 Å². The molecule has 0 spiro atoms. The summed E-state index contributed by atoms with van der Waals surface area (Å²) in [6.07, 6.45) is 7.56. The normalized spacial score (nSPS) is 24.3. The zero-order valence-corrected chi connectivity index (χ0v) is 15.1. The minimum Gasteiger partial charge on any atom is -0.506 e. The average Bonchev–Trinajstić information content (AvgIpc) is 2.60. The van der Waals surface area contributed by atoms with Crippen LogP contribution in [0.3, 0.4) is 0 Å². The molecule has 2 aliphatic rings. The molecule has 1 aromatic rings. The van der Waals surface area contributed by atoms with Crippen LogP contribution in [0.15, 0.2) is 18.2 Å². The Hall–Kier alpha value is -0.810. The van der Waals surface area contributed by atoms with E-state index in [1.807, 2.05) is 12.1 Å². The molecule has 0 aromatic heterocycles. The van der Waals surface area contributed by atoms with Crippen molar-refractivity contribution in [2.45, 2.75) is 57.2 Å². The van der Waals surface area contributed by atoms with Gasteiger partial charge in [0.1, 0.15) is 5.75 Å². The minimum atomic E-state index is 0.140. The molecule has 0 radical (unpaired) electrons. The highest BCUT2D eigenvalue weighted by molar-refractivity contribution is 6.32. The molecule has 2 fully saturated rings. The van der Waals surface area contributed by atoms with E-state index in [-0.39, 0.29) is 12.4 Å². The first-order valence-electron chi connectivity index (χ1n) is 9.23. The summed E-state index contributed by atoms with van der Waals surface area (Å²) in [5.41, 5.74) is 1.13. The Morgan fingerprint density at radius 1 is 1.12 bits per heavy atom. The molecule has 1 aliphatic carbocycles. The van der Waals surface area contributed by atoms with E-state index in [1.54, 1.807) is 6.07 Å². The number of nitrogens with zero attached hydrogens (tertiary/aromatic N) is 2. The lowest BCUT2D eigenvalue weighted by atomic mass is 9.91. The van der Waals surface area contributed by atoms with E-state index in [9.17, 15) is 10.2 Å². The van der Waals surface area contributed by atoms with Gasteiger partial charge in [0.2, 0.25) is 0 Å². The third-order valence-corrected chi connectivity index (χ3v) is 5.84. The molecule has 1 aliphatic heterocycles. The molecule has 0 unspecified atom stereocenters. The van der Waals surface area contributed by atoms with E-state index in [1.165, 1.54) is 32.1 Å². The van der Waals surface area contributed by atoms with Gasteiger partial charge in [-0.15, -0.1) is 0 Å². The van der Waals surface area contributed by atoms with Gasteiger partial charge in [-0.3, -0.25) is 9.80 Å². The summed E-state index contributed by atoms with van der Waals surface area (Å²) in [6.45, 7) is 4.24. The molecular formula is C19H29ClN2O2. The first kappa shape index (κ1) is 18.0. The molecule has 4 nitrogen and oxygen atoms in total. The van der Waals surface area contributed by atoms with E-state index in [0.717, 1.165) is 38.2 Å². The maximum atomic E-state index is 9.56. The summed E-state index contributed by atoms with van der Waals surface area (Å²) in [7, 11) is 0. The molecule has 5 heteroatoms. The fourth-order valence-electron chi connectivity index (χ4n) is 4.28. The maximum absolute atomic E-state index is 9.56. The van der Waals surface area contributed by atoms with Crippen LogP contribution in [0.1, 0.15) is 44.1 Å². The van der Waals surface area contributed by atoms with Crippen molar-refractivity contribution in [1.82, 2.24) is 9.80 Å². The van der Waals surface area contributed by atoms with Crippen molar-refractivity contribution in [1.29, 1.82) is 0 Å². The van der Waals surface area contributed by atoms with Crippen molar-refractivity contribution in [3.63, 3.8) is 0 Å². The molecule has 0 amide bonds. The number of hydrogen-bond donors (Lipinski definition) is 2. The molecule has 1 heterocycles. The third-order valence-electron chi connectivity index (χ3n) is 5.54. The summed E-state index contributed by atoms with van der Waals surface area (Å²) in [6, 6.07) is 6.61. The van der Waals surface area contributed by atoms with Crippen LogP contribution in [-0.2, 0) is 6.54 Å². The highest BCUT2D eigenvalue weighted by Gasteiger charge is 2.32. The lowest BCUT2D eigenvalue weighted by Crippen LogP contribution is -2.56. The quantitative estimate of drug-likeness (QED) is 0.854. The maximum Gasteiger partial charge on any atom is 0.134 e. The van der Waals surface area contributed by atoms with E-state index in [4.69, 9.17) is 11.6 Å². The van der Waals surface area contributed by atoms with Gasteiger partial charge in [-0.05, 0) is 37.0 Å². The standard InChI is InChI=1S/C19H29ClN2O2/c20-18-12-15(6-7-19(18)24)13-21-9-10-22(17(14-21)8-11-23)16-4-2-1-3-5-16/h6-7,12,16-17,23-24H,1-5,8-11,13-14H2/t17-/m0/s1. The summed E-state index contributed by atoms with van der Waals surface area (Å²) in [5, 5.41) is 19.5. The van der Waals surface area contributed by atoms with Gasteiger partial charge in [0.25, 0.3) is 0 Å². The summed E-state index contributed by atoms with van der Waals surface area (Å²) < 4.78 is 0. The van der Waals surface area contributed by atoms with Gasteiger partial charge in [0.15, 0.2) is 0 Å². The van der Waals surface area contributed by atoms with Gasteiger partial charge >= 0.3 is 0 Å². The van der Waals surface area contributed by atoms with Gasteiger partial charge in [0, 0.05) is 44.9 Å². The van der Waals surface area contributed by atoms with Gasteiger partial charge < -0.3 is 10.2 Å². The number of phenolic OH excluding ortho intramolecular Hbond substituents is 1. The molecule has 24 heavy (non-hydrogen) atoms. The lowest BCUT2D eigenvalue weighted by molar-refractivity contribution is 0.0137. The SMILES string of the molecule is OCC[C@H]1CN(Cc2ccc(O)c(Cl)c2)CCN1C1CCCCC1. The smallest absolute Gasteiger partial charge is 0.134 e. The van der Waals surface area contributed by atoms with Crippen LogP contribution in [0.4, 0.5) is 0 Å². The first-order valence-corrected chi connectivity index (χ1v) is 9.61. The van der Waals surface area contributed by atoms with Crippen molar-refractivity contribution in [3.8, 4) is 5.75 Å². The Balaban J connectivity index is 1.62. The lowest BCUT2D eigenvalue weighted by Gasteiger charge is -2.46. The Kier molecular flexibility index (Phi) is 6.39. The number of halogens is 1. The molecule has 0 bridgehead atoms. The molecule has 134 valence electrons. The zero-order valence-electron chi connectivity index (χ0n) is 14.3. The van der Waals surface area contributed by atoms with Crippen molar-refractivity contribution in [2.75, 3.05) is 26.2 Å². The van der Waals surface area contributed by atoms with Gasteiger partial charge in [-0.1, -0.05) is 36.9 Å². The number of phenols is 1. The zero-order chi connectivity index (χ0) is 16.9. The highest BCUT2D eigenvalue weighted by atomic mass is 35.5. The second kappa shape index (κ2) is 8.52. The van der Waals surface area contributed by atoms with Gasteiger partial charge in [-0.25, -0.2) is 0 Å². The Bertz CT molecular complexity index is 534.